The number of thiophene rings is 1. The molecule has 2 nitrogen and oxygen atoms in total. The first kappa shape index (κ1) is 10.9. The SMILES string of the molecule is O=C1CSc2sc(Cc3ccccc3)cc2N1. The number of carbonyl (C=O) groups is 1. The highest BCUT2D eigenvalue weighted by Gasteiger charge is 2.18. The van der Waals surface area contributed by atoms with E-state index in [0.29, 0.717) is 5.75 Å². The fourth-order valence-electron chi connectivity index (χ4n) is 1.82. The number of nitrogens with one attached hydrogen (secondary N) is 1. The lowest BCUT2D eigenvalue weighted by molar-refractivity contribution is -0.113. The molecule has 3 rings (SSSR count). The molecule has 2 aromatic rings. The van der Waals surface area contributed by atoms with Crippen molar-refractivity contribution in [1.29, 1.82) is 0 Å². The van der Waals surface area contributed by atoms with Crippen LogP contribution in [0.4, 0.5) is 5.69 Å². The van der Waals surface area contributed by atoms with E-state index in [4.69, 9.17) is 0 Å². The number of hydrogen-bond donors (Lipinski definition) is 1. The number of amides is 1. The smallest absolute Gasteiger partial charge is 0.234 e. The van der Waals surface area contributed by atoms with E-state index in [1.54, 1.807) is 23.1 Å². The summed E-state index contributed by atoms with van der Waals surface area (Å²) in [5.74, 6) is 0.643. The summed E-state index contributed by atoms with van der Waals surface area (Å²) < 4.78 is 1.23. The second-order valence-electron chi connectivity index (χ2n) is 3.91. The van der Waals surface area contributed by atoms with E-state index in [-0.39, 0.29) is 5.91 Å². The van der Waals surface area contributed by atoms with Gasteiger partial charge in [-0.3, -0.25) is 4.79 Å². The first-order valence-electron chi connectivity index (χ1n) is 5.40. The first-order chi connectivity index (χ1) is 8.31. The van der Waals surface area contributed by atoms with Crippen LogP contribution in [0.5, 0.6) is 0 Å². The Balaban J connectivity index is 1.83. The van der Waals surface area contributed by atoms with Gasteiger partial charge in [0.05, 0.1) is 15.6 Å². The molecule has 1 aromatic heterocycles. The van der Waals surface area contributed by atoms with Crippen LogP contribution in [0.3, 0.4) is 0 Å². The Kier molecular flexibility index (Phi) is 2.91. The maximum absolute atomic E-state index is 11.3. The molecule has 1 N–H and O–H groups in total. The Morgan fingerprint density at radius 1 is 1.24 bits per heavy atom. The lowest BCUT2D eigenvalue weighted by atomic mass is 10.1. The quantitative estimate of drug-likeness (QED) is 0.898. The van der Waals surface area contributed by atoms with E-state index < -0.39 is 0 Å². The van der Waals surface area contributed by atoms with Crippen molar-refractivity contribution in [3.8, 4) is 0 Å². The van der Waals surface area contributed by atoms with Gasteiger partial charge in [-0.25, -0.2) is 0 Å². The molecule has 0 saturated heterocycles. The fraction of sp³-hybridized carbons (Fsp3) is 0.154. The van der Waals surface area contributed by atoms with Crippen LogP contribution in [0.15, 0.2) is 40.6 Å². The van der Waals surface area contributed by atoms with E-state index in [0.717, 1.165) is 12.1 Å². The van der Waals surface area contributed by atoms with Gasteiger partial charge < -0.3 is 5.32 Å². The van der Waals surface area contributed by atoms with Crippen molar-refractivity contribution in [2.45, 2.75) is 10.6 Å². The van der Waals surface area contributed by atoms with Gasteiger partial charge in [0.25, 0.3) is 0 Å². The van der Waals surface area contributed by atoms with Crippen molar-refractivity contribution >= 4 is 34.7 Å². The van der Waals surface area contributed by atoms with Crippen molar-refractivity contribution in [1.82, 2.24) is 0 Å². The van der Waals surface area contributed by atoms with Gasteiger partial charge in [0.15, 0.2) is 0 Å². The zero-order valence-electron chi connectivity index (χ0n) is 9.10. The highest BCUT2D eigenvalue weighted by atomic mass is 32.2. The number of fused-ring (bicyclic) bond motifs is 1. The topological polar surface area (TPSA) is 29.1 Å². The van der Waals surface area contributed by atoms with Crippen molar-refractivity contribution in [3.63, 3.8) is 0 Å². The van der Waals surface area contributed by atoms with Crippen molar-refractivity contribution in [2.75, 3.05) is 11.1 Å². The summed E-state index contributed by atoms with van der Waals surface area (Å²) in [4.78, 5) is 12.6. The molecule has 17 heavy (non-hydrogen) atoms. The summed E-state index contributed by atoms with van der Waals surface area (Å²) in [6, 6.07) is 12.5. The van der Waals surface area contributed by atoms with Crippen LogP contribution >= 0.6 is 23.1 Å². The summed E-state index contributed by atoms with van der Waals surface area (Å²) in [5, 5.41) is 2.92. The number of benzene rings is 1. The summed E-state index contributed by atoms with van der Waals surface area (Å²) in [5.41, 5.74) is 2.30. The minimum absolute atomic E-state index is 0.103. The van der Waals surface area contributed by atoms with Gasteiger partial charge in [-0.2, -0.15) is 0 Å². The number of rotatable bonds is 2. The zero-order chi connectivity index (χ0) is 11.7. The van der Waals surface area contributed by atoms with Gasteiger partial charge in [-0.1, -0.05) is 30.3 Å². The largest absolute Gasteiger partial charge is 0.324 e. The second kappa shape index (κ2) is 4.55. The predicted molar refractivity (Wildman–Crippen MR) is 72.9 cm³/mol. The van der Waals surface area contributed by atoms with Crippen molar-refractivity contribution in [2.24, 2.45) is 0 Å². The summed E-state index contributed by atoms with van der Waals surface area (Å²) in [7, 11) is 0. The third kappa shape index (κ3) is 2.37. The van der Waals surface area contributed by atoms with Crippen LogP contribution in [0.1, 0.15) is 10.4 Å². The number of anilines is 1. The zero-order valence-corrected chi connectivity index (χ0v) is 10.7. The van der Waals surface area contributed by atoms with Gasteiger partial charge in [0, 0.05) is 11.3 Å². The standard InChI is InChI=1S/C13H11NOS2/c15-12-8-16-13-11(14-12)7-10(17-13)6-9-4-2-1-3-5-9/h1-5,7H,6,8H2,(H,14,15). The lowest BCUT2D eigenvalue weighted by Crippen LogP contribution is -2.17. The van der Waals surface area contributed by atoms with E-state index in [2.05, 4.69) is 35.6 Å². The molecule has 0 atom stereocenters. The van der Waals surface area contributed by atoms with Gasteiger partial charge in [0.2, 0.25) is 5.91 Å². The van der Waals surface area contributed by atoms with Gasteiger partial charge in [-0.15, -0.1) is 23.1 Å². The minimum Gasteiger partial charge on any atom is -0.324 e. The Morgan fingerprint density at radius 2 is 2.06 bits per heavy atom. The molecule has 1 aliphatic heterocycles. The molecule has 4 heteroatoms. The van der Waals surface area contributed by atoms with Crippen LogP contribution in [-0.4, -0.2) is 11.7 Å². The van der Waals surface area contributed by atoms with Gasteiger partial charge in [0.1, 0.15) is 0 Å². The summed E-state index contributed by atoms with van der Waals surface area (Å²) in [6.07, 6.45) is 0.939. The molecule has 0 radical (unpaired) electrons. The Hall–Kier alpha value is -1.26. The lowest BCUT2D eigenvalue weighted by Gasteiger charge is -2.10. The predicted octanol–water partition coefficient (Wildman–Crippen LogP) is 3.38. The molecule has 1 aromatic carbocycles. The normalized spacial score (nSPS) is 14.2. The van der Waals surface area contributed by atoms with E-state index >= 15 is 0 Å². The van der Waals surface area contributed by atoms with Crippen LogP contribution in [-0.2, 0) is 11.2 Å². The number of thioether (sulfide) groups is 1. The number of hydrogen-bond acceptors (Lipinski definition) is 3. The third-order valence-electron chi connectivity index (χ3n) is 2.58. The molecule has 0 saturated carbocycles. The third-order valence-corrected chi connectivity index (χ3v) is 5.00. The van der Waals surface area contributed by atoms with Crippen molar-refractivity contribution < 1.29 is 4.79 Å². The fourth-order valence-corrected chi connectivity index (χ4v) is 4.03. The van der Waals surface area contributed by atoms with Gasteiger partial charge >= 0.3 is 0 Å². The molecule has 0 unspecified atom stereocenters. The molecule has 1 amide bonds. The molecule has 0 aliphatic carbocycles. The monoisotopic (exact) mass is 261 g/mol. The second-order valence-corrected chi connectivity index (χ2v) is 6.29. The van der Waals surface area contributed by atoms with Crippen LogP contribution in [0, 0.1) is 0 Å². The Bertz CT molecular complexity index is 548. The van der Waals surface area contributed by atoms with E-state index in [1.165, 1.54) is 14.6 Å². The maximum Gasteiger partial charge on any atom is 0.234 e. The number of carbonyl (C=O) groups excluding carboxylic acids is 1. The molecule has 2 heterocycles. The molecule has 1 aliphatic rings. The Morgan fingerprint density at radius 3 is 2.88 bits per heavy atom. The molecule has 0 spiro atoms. The Labute approximate surface area is 108 Å². The van der Waals surface area contributed by atoms with E-state index in [9.17, 15) is 4.79 Å². The highest BCUT2D eigenvalue weighted by Crippen LogP contribution is 2.39. The molecular formula is C13H11NOS2. The van der Waals surface area contributed by atoms with E-state index in [1.807, 2.05) is 6.07 Å². The molecular weight excluding hydrogens is 250 g/mol. The molecule has 0 bridgehead atoms. The molecule has 86 valence electrons. The average molecular weight is 261 g/mol. The average Bonchev–Trinajstić information content (AvgIpc) is 2.71. The van der Waals surface area contributed by atoms with Crippen LogP contribution in [0.2, 0.25) is 0 Å². The van der Waals surface area contributed by atoms with Crippen LogP contribution in [0.25, 0.3) is 0 Å². The minimum atomic E-state index is 0.103. The summed E-state index contributed by atoms with van der Waals surface area (Å²) >= 11 is 3.42. The van der Waals surface area contributed by atoms with Crippen LogP contribution < -0.4 is 5.32 Å². The highest BCUT2D eigenvalue weighted by molar-refractivity contribution is 8.02. The summed E-state index contributed by atoms with van der Waals surface area (Å²) in [6.45, 7) is 0. The van der Waals surface area contributed by atoms with Gasteiger partial charge in [-0.05, 0) is 11.6 Å². The van der Waals surface area contributed by atoms with Crippen molar-refractivity contribution in [3.05, 3.63) is 46.8 Å². The maximum atomic E-state index is 11.3. The molecule has 0 fully saturated rings. The first-order valence-corrected chi connectivity index (χ1v) is 7.21.